The average Bonchev–Trinajstić information content (AvgIpc) is 3.21. The van der Waals surface area contributed by atoms with Crippen molar-refractivity contribution in [2.24, 2.45) is 4.99 Å². The first kappa shape index (κ1) is 16.8. The van der Waals surface area contributed by atoms with Crippen molar-refractivity contribution in [3.8, 4) is 0 Å². The maximum atomic E-state index is 11.5. The Morgan fingerprint density at radius 2 is 1.96 bits per heavy atom. The van der Waals surface area contributed by atoms with E-state index in [1.54, 1.807) is 7.05 Å². The summed E-state index contributed by atoms with van der Waals surface area (Å²) in [6.07, 6.45) is 4.99. The van der Waals surface area contributed by atoms with Crippen molar-refractivity contribution in [3.05, 3.63) is 42.0 Å². The Kier molecular flexibility index (Phi) is 5.08. The molecule has 0 amide bonds. The predicted molar refractivity (Wildman–Crippen MR) is 98.2 cm³/mol. The molecule has 6 nitrogen and oxygen atoms in total. The van der Waals surface area contributed by atoms with Crippen LogP contribution in [0.1, 0.15) is 12.0 Å². The highest BCUT2D eigenvalue weighted by atomic mass is 32.2. The molecular formula is C17H24N4O2S. The van der Waals surface area contributed by atoms with Crippen LogP contribution in [0.25, 0.3) is 0 Å². The fourth-order valence-electron chi connectivity index (χ4n) is 3.00. The van der Waals surface area contributed by atoms with Crippen LogP contribution in [0.15, 0.2) is 41.4 Å². The fraction of sp³-hybridized carbons (Fsp3) is 0.471. The molecule has 2 aliphatic heterocycles. The molecule has 0 bridgehead atoms. The number of anilines is 1. The summed E-state index contributed by atoms with van der Waals surface area (Å²) in [5.41, 5.74) is 2.38. The summed E-state index contributed by atoms with van der Waals surface area (Å²) in [5.74, 6) is 1.09. The zero-order valence-corrected chi connectivity index (χ0v) is 14.7. The van der Waals surface area contributed by atoms with Crippen LogP contribution in [0.5, 0.6) is 0 Å². The lowest BCUT2D eigenvalue weighted by atomic mass is 10.2. The normalized spacial score (nSPS) is 22.8. The monoisotopic (exact) mass is 348 g/mol. The van der Waals surface area contributed by atoms with Crippen LogP contribution < -0.4 is 15.5 Å². The van der Waals surface area contributed by atoms with E-state index in [0.717, 1.165) is 18.7 Å². The lowest BCUT2D eigenvalue weighted by molar-refractivity contribution is 0.599. The number of aliphatic imine (C=N–C) groups is 1. The molecule has 2 aliphatic rings. The maximum absolute atomic E-state index is 11.5. The number of benzene rings is 1. The van der Waals surface area contributed by atoms with Gasteiger partial charge in [-0.15, -0.1) is 0 Å². The smallest absolute Gasteiger partial charge is 0.191 e. The summed E-state index contributed by atoms with van der Waals surface area (Å²) >= 11 is 0. The highest BCUT2D eigenvalue weighted by Gasteiger charge is 2.28. The first-order valence-corrected chi connectivity index (χ1v) is 10.0. The lowest BCUT2D eigenvalue weighted by Gasteiger charge is -2.18. The van der Waals surface area contributed by atoms with E-state index < -0.39 is 9.84 Å². The molecule has 1 saturated heterocycles. The molecule has 0 radical (unpaired) electrons. The van der Waals surface area contributed by atoms with Gasteiger partial charge in [0.1, 0.15) is 0 Å². The molecule has 2 N–H and O–H groups in total. The SMILES string of the molecule is CN=C(NCc1ccc(N2CC=CC2)cc1)NC1CCS(=O)(=O)C1. The molecule has 7 heteroatoms. The lowest BCUT2D eigenvalue weighted by Crippen LogP contribution is -2.43. The van der Waals surface area contributed by atoms with E-state index in [1.165, 1.54) is 5.69 Å². The second kappa shape index (κ2) is 7.25. The summed E-state index contributed by atoms with van der Waals surface area (Å²) in [4.78, 5) is 6.48. The van der Waals surface area contributed by atoms with Gasteiger partial charge in [-0.3, -0.25) is 4.99 Å². The number of hydrogen-bond acceptors (Lipinski definition) is 4. The number of hydrogen-bond donors (Lipinski definition) is 2. The Morgan fingerprint density at radius 3 is 2.54 bits per heavy atom. The van der Waals surface area contributed by atoms with E-state index in [9.17, 15) is 8.42 Å². The van der Waals surface area contributed by atoms with E-state index in [-0.39, 0.29) is 17.5 Å². The van der Waals surface area contributed by atoms with Gasteiger partial charge in [0.15, 0.2) is 15.8 Å². The van der Waals surface area contributed by atoms with Gasteiger partial charge >= 0.3 is 0 Å². The van der Waals surface area contributed by atoms with Crippen LogP contribution in [0.4, 0.5) is 5.69 Å². The van der Waals surface area contributed by atoms with E-state index >= 15 is 0 Å². The molecule has 130 valence electrons. The molecule has 1 aromatic rings. The summed E-state index contributed by atoms with van der Waals surface area (Å²) < 4.78 is 23.0. The molecule has 2 heterocycles. The highest BCUT2D eigenvalue weighted by Crippen LogP contribution is 2.17. The first-order chi connectivity index (χ1) is 11.6. The number of sulfone groups is 1. The van der Waals surface area contributed by atoms with Gasteiger partial charge in [0.25, 0.3) is 0 Å². The van der Waals surface area contributed by atoms with Crippen molar-refractivity contribution >= 4 is 21.5 Å². The molecule has 0 aliphatic carbocycles. The van der Waals surface area contributed by atoms with E-state index in [4.69, 9.17) is 0 Å². The standard InChI is InChI=1S/C17H24N4O2S/c1-18-17(20-15-8-11-24(22,23)13-15)19-12-14-4-6-16(7-5-14)21-9-2-3-10-21/h2-7,15H,8-13H2,1H3,(H2,18,19,20). The molecule has 1 fully saturated rings. The van der Waals surface area contributed by atoms with Crippen LogP contribution in [-0.4, -0.2) is 52.1 Å². The molecule has 1 atom stereocenters. The number of rotatable bonds is 4. The molecule has 0 aromatic heterocycles. The van der Waals surface area contributed by atoms with Gasteiger partial charge in [-0.1, -0.05) is 24.3 Å². The minimum atomic E-state index is -2.88. The molecular weight excluding hydrogens is 324 g/mol. The zero-order chi connectivity index (χ0) is 17.0. The fourth-order valence-corrected chi connectivity index (χ4v) is 4.67. The van der Waals surface area contributed by atoms with Crippen molar-refractivity contribution in [1.82, 2.24) is 10.6 Å². The molecule has 0 saturated carbocycles. The van der Waals surface area contributed by atoms with Gasteiger partial charge in [-0.05, 0) is 24.1 Å². The van der Waals surface area contributed by atoms with Crippen molar-refractivity contribution < 1.29 is 8.42 Å². The third-order valence-corrected chi connectivity index (χ3v) is 6.14. The predicted octanol–water partition coefficient (Wildman–Crippen LogP) is 0.915. The number of guanidine groups is 1. The van der Waals surface area contributed by atoms with Crippen LogP contribution in [0, 0.1) is 0 Å². The van der Waals surface area contributed by atoms with Crippen LogP contribution >= 0.6 is 0 Å². The Labute approximate surface area is 143 Å². The van der Waals surface area contributed by atoms with Crippen molar-refractivity contribution in [1.29, 1.82) is 0 Å². The minimum absolute atomic E-state index is 0.0498. The summed E-state index contributed by atoms with van der Waals surface area (Å²) in [7, 11) is -1.19. The van der Waals surface area contributed by atoms with Crippen molar-refractivity contribution in [2.75, 3.05) is 36.5 Å². The van der Waals surface area contributed by atoms with Crippen molar-refractivity contribution in [3.63, 3.8) is 0 Å². The Morgan fingerprint density at radius 1 is 1.25 bits per heavy atom. The topological polar surface area (TPSA) is 73.8 Å². The Hall–Kier alpha value is -2.02. The van der Waals surface area contributed by atoms with E-state index in [2.05, 4.69) is 56.9 Å². The summed E-state index contributed by atoms with van der Waals surface area (Å²) in [6, 6.07) is 8.42. The Bertz CT molecular complexity index is 717. The largest absolute Gasteiger partial charge is 0.364 e. The van der Waals surface area contributed by atoms with Gasteiger partial charge in [0, 0.05) is 38.4 Å². The van der Waals surface area contributed by atoms with Gasteiger partial charge in [0.05, 0.1) is 11.5 Å². The Balaban J connectivity index is 1.50. The van der Waals surface area contributed by atoms with E-state index in [1.807, 2.05) is 0 Å². The molecule has 3 rings (SSSR count). The van der Waals surface area contributed by atoms with E-state index in [0.29, 0.717) is 18.9 Å². The quantitative estimate of drug-likeness (QED) is 0.481. The first-order valence-electron chi connectivity index (χ1n) is 8.22. The second-order valence-electron chi connectivity index (χ2n) is 6.21. The number of nitrogens with zero attached hydrogens (tertiary/aromatic N) is 2. The third-order valence-electron chi connectivity index (χ3n) is 4.38. The second-order valence-corrected chi connectivity index (χ2v) is 8.44. The number of nitrogens with one attached hydrogen (secondary N) is 2. The molecule has 0 spiro atoms. The minimum Gasteiger partial charge on any atom is -0.364 e. The van der Waals surface area contributed by atoms with Gasteiger partial charge in [-0.25, -0.2) is 8.42 Å². The highest BCUT2D eigenvalue weighted by molar-refractivity contribution is 7.91. The molecule has 1 aromatic carbocycles. The van der Waals surface area contributed by atoms with Gasteiger partial charge < -0.3 is 15.5 Å². The molecule has 24 heavy (non-hydrogen) atoms. The van der Waals surface area contributed by atoms with Crippen LogP contribution in [0.3, 0.4) is 0 Å². The van der Waals surface area contributed by atoms with Crippen LogP contribution in [0.2, 0.25) is 0 Å². The van der Waals surface area contributed by atoms with Gasteiger partial charge in [0.2, 0.25) is 0 Å². The third kappa shape index (κ3) is 4.29. The molecule has 1 unspecified atom stereocenters. The van der Waals surface area contributed by atoms with Crippen molar-refractivity contribution in [2.45, 2.75) is 19.0 Å². The summed E-state index contributed by atoms with van der Waals surface area (Å²) in [6.45, 7) is 2.59. The average molecular weight is 348 g/mol. The van der Waals surface area contributed by atoms with Crippen LogP contribution in [-0.2, 0) is 16.4 Å². The van der Waals surface area contributed by atoms with Gasteiger partial charge in [-0.2, -0.15) is 0 Å². The maximum Gasteiger partial charge on any atom is 0.191 e. The zero-order valence-electron chi connectivity index (χ0n) is 13.9. The summed E-state index contributed by atoms with van der Waals surface area (Å²) in [5, 5.41) is 6.44.